The minimum Gasteiger partial charge on any atom is -0.417 e. The number of alkyl halides is 1. The van der Waals surface area contributed by atoms with E-state index in [2.05, 4.69) is 20.5 Å². The summed E-state index contributed by atoms with van der Waals surface area (Å²) in [7, 11) is -3.71. The van der Waals surface area contributed by atoms with Crippen molar-refractivity contribution in [3.8, 4) is 10.8 Å². The monoisotopic (exact) mass is 444 g/mol. The molecule has 0 aromatic carbocycles. The van der Waals surface area contributed by atoms with E-state index in [4.69, 9.17) is 14.6 Å². The van der Waals surface area contributed by atoms with Crippen molar-refractivity contribution in [1.29, 1.82) is 5.41 Å². The Morgan fingerprint density at radius 3 is 2.93 bits per heavy atom. The first-order valence-electron chi connectivity index (χ1n) is 8.84. The van der Waals surface area contributed by atoms with Gasteiger partial charge in [-0.25, -0.2) is 22.1 Å². The molecule has 0 aliphatic carbocycles. The molecule has 13 heteroatoms. The number of rotatable bonds is 7. The number of amidine groups is 1. The standard InChI is InChI=1S/C16H21FN6O4S2/c1-3-29(24,25)23(13(18)6-11-9-26-5-4-19-11)8-14-20-7-12(28-14)16-22-21-15(27-16)10(2)17/h6-7,10,18-19H,3-5,8-9H2,1-2H3/b11-6-,18-13?. The van der Waals surface area contributed by atoms with E-state index in [0.717, 1.165) is 15.6 Å². The largest absolute Gasteiger partial charge is 0.417 e. The quantitative estimate of drug-likeness (QED) is 0.488. The third-order valence-corrected chi connectivity index (χ3v) is 6.66. The average molecular weight is 445 g/mol. The summed E-state index contributed by atoms with van der Waals surface area (Å²) in [6.07, 6.45) is 1.50. The maximum Gasteiger partial charge on any atom is 0.259 e. The van der Waals surface area contributed by atoms with Gasteiger partial charge in [0.15, 0.2) is 6.17 Å². The summed E-state index contributed by atoms with van der Waals surface area (Å²) in [5.41, 5.74) is 0.635. The Bertz CT molecular complexity index is 993. The molecule has 1 aliphatic heterocycles. The van der Waals surface area contributed by atoms with Crippen molar-refractivity contribution in [2.75, 3.05) is 25.5 Å². The van der Waals surface area contributed by atoms with Crippen LogP contribution in [0, 0.1) is 5.41 Å². The van der Waals surface area contributed by atoms with Crippen molar-refractivity contribution >= 4 is 27.2 Å². The molecule has 3 heterocycles. The highest BCUT2D eigenvalue weighted by Gasteiger charge is 2.25. The second-order valence-electron chi connectivity index (χ2n) is 6.12. The van der Waals surface area contributed by atoms with Gasteiger partial charge in [-0.15, -0.1) is 21.5 Å². The third kappa shape index (κ3) is 5.16. The van der Waals surface area contributed by atoms with Crippen LogP contribution in [0.1, 0.15) is 30.9 Å². The molecule has 0 bridgehead atoms. The first-order valence-corrected chi connectivity index (χ1v) is 11.3. The van der Waals surface area contributed by atoms with E-state index in [0.29, 0.717) is 28.7 Å². The van der Waals surface area contributed by atoms with Crippen LogP contribution < -0.4 is 5.32 Å². The Morgan fingerprint density at radius 2 is 2.31 bits per heavy atom. The smallest absolute Gasteiger partial charge is 0.259 e. The molecule has 3 rings (SSSR count). The molecule has 2 aromatic rings. The number of ether oxygens (including phenoxy) is 1. The Hall–Kier alpha value is -2.38. The van der Waals surface area contributed by atoms with Gasteiger partial charge in [0.1, 0.15) is 15.7 Å². The third-order valence-electron chi connectivity index (χ3n) is 3.96. The van der Waals surface area contributed by atoms with Crippen LogP contribution in [0.3, 0.4) is 0 Å². The summed E-state index contributed by atoms with van der Waals surface area (Å²) in [5, 5.41) is 19.2. The Labute approximate surface area is 171 Å². The fourth-order valence-corrected chi connectivity index (χ4v) is 4.33. The normalized spacial score (nSPS) is 17.1. The molecule has 1 aliphatic rings. The SMILES string of the molecule is CCS(=O)(=O)N(Cc1ncc(-c2nnc(C(C)F)o2)s1)C(=N)/C=C1/COCCN1. The lowest BCUT2D eigenvalue weighted by atomic mass is 10.3. The molecule has 1 atom stereocenters. The molecular formula is C16H21FN6O4S2. The van der Waals surface area contributed by atoms with E-state index >= 15 is 0 Å². The van der Waals surface area contributed by atoms with Crippen LogP contribution in [0.25, 0.3) is 10.8 Å². The number of nitrogens with one attached hydrogen (secondary N) is 2. The second kappa shape index (κ2) is 8.97. The van der Waals surface area contributed by atoms with Gasteiger partial charge in [0, 0.05) is 18.3 Å². The maximum absolute atomic E-state index is 13.3. The maximum atomic E-state index is 13.3. The van der Waals surface area contributed by atoms with Crippen LogP contribution >= 0.6 is 11.3 Å². The van der Waals surface area contributed by atoms with Crippen LogP contribution in [-0.4, -0.2) is 59.3 Å². The fraction of sp³-hybridized carbons (Fsp3) is 0.500. The number of halogens is 1. The van der Waals surface area contributed by atoms with Gasteiger partial charge in [-0.3, -0.25) is 5.41 Å². The molecule has 1 fully saturated rings. The average Bonchev–Trinajstić information content (AvgIpc) is 3.36. The van der Waals surface area contributed by atoms with E-state index in [1.807, 2.05) is 0 Å². The number of aromatic nitrogens is 3. The van der Waals surface area contributed by atoms with E-state index < -0.39 is 16.2 Å². The lowest BCUT2D eigenvalue weighted by Gasteiger charge is -2.23. The Kier molecular flexibility index (Phi) is 6.59. The first-order chi connectivity index (χ1) is 13.8. The highest BCUT2D eigenvalue weighted by Crippen LogP contribution is 2.28. The first kappa shape index (κ1) is 21.3. The number of nitrogens with zero attached hydrogens (tertiary/aromatic N) is 4. The van der Waals surface area contributed by atoms with Crippen molar-refractivity contribution < 1.29 is 22.0 Å². The van der Waals surface area contributed by atoms with Crippen molar-refractivity contribution in [1.82, 2.24) is 24.8 Å². The fourth-order valence-electron chi connectivity index (χ4n) is 2.44. The molecule has 1 unspecified atom stereocenters. The van der Waals surface area contributed by atoms with Gasteiger partial charge in [0.2, 0.25) is 10.0 Å². The number of hydrogen-bond acceptors (Lipinski definition) is 10. The summed E-state index contributed by atoms with van der Waals surface area (Å²) >= 11 is 1.14. The number of sulfonamides is 1. The van der Waals surface area contributed by atoms with Gasteiger partial charge >= 0.3 is 0 Å². The van der Waals surface area contributed by atoms with Crippen LogP contribution in [0.4, 0.5) is 4.39 Å². The van der Waals surface area contributed by atoms with Gasteiger partial charge in [-0.2, -0.15) is 0 Å². The molecule has 2 aromatic heterocycles. The van der Waals surface area contributed by atoms with Gasteiger partial charge in [0.25, 0.3) is 11.8 Å². The van der Waals surface area contributed by atoms with Crippen LogP contribution in [0.15, 0.2) is 22.4 Å². The number of morpholine rings is 1. The van der Waals surface area contributed by atoms with Crippen LogP contribution in [-0.2, 0) is 21.3 Å². The Morgan fingerprint density at radius 1 is 1.52 bits per heavy atom. The summed E-state index contributed by atoms with van der Waals surface area (Å²) in [6, 6.07) is 0. The van der Waals surface area contributed by atoms with Crippen molar-refractivity contribution in [3.05, 3.63) is 28.9 Å². The molecule has 158 valence electrons. The zero-order chi connectivity index (χ0) is 21.0. The zero-order valence-corrected chi connectivity index (χ0v) is 17.5. The molecule has 0 saturated carbocycles. The molecule has 0 amide bonds. The molecule has 1 saturated heterocycles. The summed E-state index contributed by atoms with van der Waals surface area (Å²) < 4.78 is 49.9. The molecule has 0 spiro atoms. The molecule has 10 nitrogen and oxygen atoms in total. The predicted octanol–water partition coefficient (Wildman–Crippen LogP) is 1.86. The van der Waals surface area contributed by atoms with Crippen LogP contribution in [0.5, 0.6) is 0 Å². The molecule has 29 heavy (non-hydrogen) atoms. The van der Waals surface area contributed by atoms with Gasteiger partial charge in [0.05, 0.1) is 31.7 Å². The van der Waals surface area contributed by atoms with Crippen molar-refractivity contribution in [2.24, 2.45) is 0 Å². The lowest BCUT2D eigenvalue weighted by Crippen LogP contribution is -2.37. The molecular weight excluding hydrogens is 423 g/mol. The zero-order valence-electron chi connectivity index (χ0n) is 15.9. The van der Waals surface area contributed by atoms with Gasteiger partial charge in [-0.1, -0.05) is 0 Å². The summed E-state index contributed by atoms with van der Waals surface area (Å²) in [4.78, 5) is 4.68. The lowest BCUT2D eigenvalue weighted by molar-refractivity contribution is 0.132. The predicted molar refractivity (Wildman–Crippen MR) is 105 cm³/mol. The van der Waals surface area contributed by atoms with Crippen molar-refractivity contribution in [3.63, 3.8) is 0 Å². The molecule has 0 radical (unpaired) electrons. The Balaban J connectivity index is 1.81. The summed E-state index contributed by atoms with van der Waals surface area (Å²) in [5.74, 6) is -0.384. The second-order valence-corrected chi connectivity index (χ2v) is 9.42. The topological polar surface area (TPSA) is 134 Å². The molecule has 2 N–H and O–H groups in total. The number of thiazole rings is 1. The van der Waals surface area contributed by atoms with E-state index in [9.17, 15) is 12.8 Å². The van der Waals surface area contributed by atoms with E-state index in [-0.39, 0.29) is 36.5 Å². The minimum atomic E-state index is -3.71. The van der Waals surface area contributed by atoms with Crippen molar-refractivity contribution in [2.45, 2.75) is 26.6 Å². The highest BCUT2D eigenvalue weighted by molar-refractivity contribution is 7.89. The summed E-state index contributed by atoms with van der Waals surface area (Å²) in [6.45, 7) is 4.12. The van der Waals surface area contributed by atoms with Crippen LogP contribution in [0.2, 0.25) is 0 Å². The van der Waals surface area contributed by atoms with Gasteiger partial charge < -0.3 is 14.5 Å². The van der Waals surface area contributed by atoms with E-state index in [1.54, 1.807) is 0 Å². The van der Waals surface area contributed by atoms with E-state index in [1.165, 1.54) is 26.1 Å². The minimum absolute atomic E-state index is 0.110. The highest BCUT2D eigenvalue weighted by atomic mass is 32.2. The number of hydrogen-bond donors (Lipinski definition) is 2. The van der Waals surface area contributed by atoms with Gasteiger partial charge in [-0.05, 0) is 13.8 Å².